The van der Waals surface area contributed by atoms with Crippen LogP contribution in [0.2, 0.25) is 0 Å². The normalized spacial score (nSPS) is 10.8. The molecule has 0 unspecified atom stereocenters. The Labute approximate surface area is 146 Å². The number of thiophene rings is 1. The number of ketones is 1. The van der Waals surface area contributed by atoms with Crippen LogP contribution in [0.4, 0.5) is 0 Å². The number of carboxylic acid groups (broad SMARTS) is 1. The lowest BCUT2D eigenvalue weighted by Gasteiger charge is -2.05. The first-order valence-corrected chi connectivity index (χ1v) is 8.63. The van der Waals surface area contributed by atoms with E-state index in [4.69, 9.17) is 9.84 Å². The second kappa shape index (κ2) is 8.64. The number of rotatable bonds is 8. The molecule has 0 saturated heterocycles. The Morgan fingerprint density at radius 3 is 2.61 bits per heavy atom. The molecule has 2 rings (SSSR count). The van der Waals surface area contributed by atoms with Gasteiger partial charge in [0.05, 0.1) is 10.4 Å². The summed E-state index contributed by atoms with van der Waals surface area (Å²) >= 11 is 4.94. The highest BCUT2D eigenvalue weighted by Crippen LogP contribution is 2.21. The Morgan fingerprint density at radius 2 is 2.00 bits per heavy atom. The quantitative estimate of drug-likeness (QED) is 0.402. The number of halogens is 1. The Morgan fingerprint density at radius 1 is 1.26 bits per heavy atom. The molecule has 0 fully saturated rings. The molecular weight excluding hydrogens is 380 g/mol. The van der Waals surface area contributed by atoms with Crippen LogP contribution >= 0.6 is 27.3 Å². The minimum atomic E-state index is -0.834. The first-order chi connectivity index (χ1) is 11.0. The predicted molar refractivity (Wildman–Crippen MR) is 94.2 cm³/mol. The van der Waals surface area contributed by atoms with Crippen molar-refractivity contribution in [1.29, 1.82) is 0 Å². The van der Waals surface area contributed by atoms with Crippen LogP contribution in [0.5, 0.6) is 5.75 Å². The Kier molecular flexibility index (Phi) is 6.55. The molecule has 0 atom stereocenters. The van der Waals surface area contributed by atoms with Gasteiger partial charge in [0.2, 0.25) is 0 Å². The number of hydrogen-bond donors (Lipinski definition) is 1. The van der Waals surface area contributed by atoms with E-state index in [0.29, 0.717) is 24.3 Å². The molecule has 0 spiro atoms. The van der Waals surface area contributed by atoms with Gasteiger partial charge in [-0.3, -0.25) is 9.59 Å². The molecule has 1 aromatic heterocycles. The average molecular weight is 395 g/mol. The fourth-order valence-electron chi connectivity index (χ4n) is 1.81. The van der Waals surface area contributed by atoms with Gasteiger partial charge >= 0.3 is 5.97 Å². The minimum absolute atomic E-state index is 0.0789. The topological polar surface area (TPSA) is 63.6 Å². The van der Waals surface area contributed by atoms with Crippen LogP contribution < -0.4 is 4.74 Å². The molecule has 0 aliphatic carbocycles. The van der Waals surface area contributed by atoms with E-state index < -0.39 is 5.97 Å². The molecule has 4 nitrogen and oxygen atoms in total. The van der Waals surface area contributed by atoms with E-state index >= 15 is 0 Å². The lowest BCUT2D eigenvalue weighted by molar-refractivity contribution is -0.137. The second-order valence-electron chi connectivity index (χ2n) is 4.75. The lowest BCUT2D eigenvalue weighted by atomic mass is 10.1. The number of carbonyl (C=O) groups excluding carboxylic acids is 1. The largest absolute Gasteiger partial charge is 0.494 e. The summed E-state index contributed by atoms with van der Waals surface area (Å²) < 4.78 is 6.45. The molecule has 1 aromatic carbocycles. The Bertz CT molecular complexity index is 704. The highest BCUT2D eigenvalue weighted by molar-refractivity contribution is 9.11. The summed E-state index contributed by atoms with van der Waals surface area (Å²) in [7, 11) is 0. The fourth-order valence-corrected chi connectivity index (χ4v) is 2.95. The SMILES string of the molecule is O=C(O)CCCOc1ccc(C(=O)/C=C/c2csc(Br)c2)cc1. The van der Waals surface area contributed by atoms with E-state index in [9.17, 15) is 9.59 Å². The number of aliphatic carboxylic acids is 1. The highest BCUT2D eigenvalue weighted by atomic mass is 79.9. The molecule has 0 radical (unpaired) electrons. The zero-order valence-electron chi connectivity index (χ0n) is 12.2. The molecule has 23 heavy (non-hydrogen) atoms. The number of ether oxygens (including phenoxy) is 1. The van der Waals surface area contributed by atoms with Gasteiger partial charge in [0.15, 0.2) is 5.78 Å². The minimum Gasteiger partial charge on any atom is -0.494 e. The van der Waals surface area contributed by atoms with Crippen molar-refractivity contribution in [2.45, 2.75) is 12.8 Å². The number of hydrogen-bond acceptors (Lipinski definition) is 4. The van der Waals surface area contributed by atoms with Crippen LogP contribution in [0.15, 0.2) is 45.6 Å². The molecule has 120 valence electrons. The van der Waals surface area contributed by atoms with Crippen molar-refractivity contribution in [1.82, 2.24) is 0 Å². The van der Waals surface area contributed by atoms with Gasteiger partial charge in [-0.1, -0.05) is 6.08 Å². The molecule has 2 aromatic rings. The summed E-state index contributed by atoms with van der Waals surface area (Å²) in [6.45, 7) is 0.340. The summed E-state index contributed by atoms with van der Waals surface area (Å²) in [5, 5.41) is 10.5. The van der Waals surface area contributed by atoms with E-state index in [-0.39, 0.29) is 12.2 Å². The number of benzene rings is 1. The second-order valence-corrected chi connectivity index (χ2v) is 7.04. The molecule has 0 aliphatic rings. The molecule has 1 heterocycles. The van der Waals surface area contributed by atoms with Crippen LogP contribution in [0.25, 0.3) is 6.08 Å². The maximum Gasteiger partial charge on any atom is 0.303 e. The van der Waals surface area contributed by atoms with Crippen LogP contribution in [0.3, 0.4) is 0 Å². The first kappa shape index (κ1) is 17.4. The number of carbonyl (C=O) groups is 2. The fraction of sp³-hybridized carbons (Fsp3) is 0.176. The summed E-state index contributed by atoms with van der Waals surface area (Å²) in [6.07, 6.45) is 3.85. The van der Waals surface area contributed by atoms with Crippen molar-refractivity contribution >= 4 is 45.1 Å². The standard InChI is InChI=1S/C17H15BrO4S/c18-16-10-12(11-23-16)3-8-15(19)13-4-6-14(7-5-13)22-9-1-2-17(20)21/h3-8,10-11H,1-2,9H2,(H,20,21)/b8-3+. The van der Waals surface area contributed by atoms with Crippen LogP contribution in [0, 0.1) is 0 Å². The Balaban J connectivity index is 1.87. The third kappa shape index (κ3) is 6.00. The van der Waals surface area contributed by atoms with Gasteiger partial charge in [0.1, 0.15) is 5.75 Å². The maximum absolute atomic E-state index is 12.1. The van der Waals surface area contributed by atoms with Crippen LogP contribution in [-0.2, 0) is 4.79 Å². The Hall–Kier alpha value is -1.92. The van der Waals surface area contributed by atoms with Gasteiger partial charge in [0, 0.05) is 12.0 Å². The van der Waals surface area contributed by atoms with Crippen molar-refractivity contribution in [2.75, 3.05) is 6.61 Å². The molecule has 1 N–H and O–H groups in total. The molecule has 6 heteroatoms. The van der Waals surface area contributed by atoms with Crippen molar-refractivity contribution in [3.63, 3.8) is 0 Å². The van der Waals surface area contributed by atoms with E-state index in [1.165, 1.54) is 6.08 Å². The third-order valence-corrected chi connectivity index (χ3v) is 4.48. The third-order valence-electron chi connectivity index (χ3n) is 2.96. The predicted octanol–water partition coefficient (Wildman–Crippen LogP) is 4.65. The summed E-state index contributed by atoms with van der Waals surface area (Å²) in [6, 6.07) is 8.76. The summed E-state index contributed by atoms with van der Waals surface area (Å²) in [5.41, 5.74) is 1.56. The van der Waals surface area contributed by atoms with Gasteiger partial charge in [-0.2, -0.15) is 0 Å². The van der Waals surface area contributed by atoms with Gasteiger partial charge in [-0.05, 0) is 69.7 Å². The van der Waals surface area contributed by atoms with Gasteiger partial charge in [-0.15, -0.1) is 11.3 Å². The maximum atomic E-state index is 12.1. The van der Waals surface area contributed by atoms with Crippen LogP contribution in [-0.4, -0.2) is 23.5 Å². The highest BCUT2D eigenvalue weighted by Gasteiger charge is 2.03. The van der Waals surface area contributed by atoms with Crippen molar-refractivity contribution < 1.29 is 19.4 Å². The van der Waals surface area contributed by atoms with E-state index in [1.54, 1.807) is 41.7 Å². The van der Waals surface area contributed by atoms with E-state index in [0.717, 1.165) is 9.35 Å². The van der Waals surface area contributed by atoms with Gasteiger partial charge in [0.25, 0.3) is 0 Å². The monoisotopic (exact) mass is 394 g/mol. The van der Waals surface area contributed by atoms with Crippen molar-refractivity contribution in [3.8, 4) is 5.75 Å². The summed E-state index contributed by atoms with van der Waals surface area (Å²) in [5.74, 6) is -0.290. The first-order valence-electron chi connectivity index (χ1n) is 6.96. The van der Waals surface area contributed by atoms with Crippen LogP contribution in [0.1, 0.15) is 28.8 Å². The molecule has 0 bridgehead atoms. The summed E-state index contributed by atoms with van der Waals surface area (Å²) in [4.78, 5) is 22.5. The van der Waals surface area contributed by atoms with Gasteiger partial charge < -0.3 is 9.84 Å². The van der Waals surface area contributed by atoms with E-state index in [1.807, 2.05) is 11.4 Å². The van der Waals surface area contributed by atoms with Crippen molar-refractivity contribution in [3.05, 3.63) is 56.7 Å². The smallest absolute Gasteiger partial charge is 0.303 e. The number of carboxylic acids is 1. The number of allylic oxidation sites excluding steroid dienone is 1. The van der Waals surface area contributed by atoms with Gasteiger partial charge in [-0.25, -0.2) is 0 Å². The molecule has 0 aliphatic heterocycles. The average Bonchev–Trinajstić information content (AvgIpc) is 2.95. The zero-order valence-corrected chi connectivity index (χ0v) is 14.6. The van der Waals surface area contributed by atoms with E-state index in [2.05, 4.69) is 15.9 Å². The zero-order chi connectivity index (χ0) is 16.7. The molecular formula is C17H15BrO4S. The molecule has 0 saturated carbocycles. The lowest BCUT2D eigenvalue weighted by Crippen LogP contribution is -2.02. The van der Waals surface area contributed by atoms with Crippen molar-refractivity contribution in [2.24, 2.45) is 0 Å². The molecule has 0 amide bonds.